The van der Waals surface area contributed by atoms with Crippen molar-refractivity contribution < 1.29 is 14.3 Å². The lowest BCUT2D eigenvalue weighted by molar-refractivity contribution is -0.142. The highest BCUT2D eigenvalue weighted by Gasteiger charge is 2.28. The smallest absolute Gasteiger partial charge is 0.307 e. The quantitative estimate of drug-likeness (QED) is 0.590. The summed E-state index contributed by atoms with van der Waals surface area (Å²) >= 11 is 0. The molecule has 0 N–H and O–H groups in total. The van der Waals surface area contributed by atoms with Gasteiger partial charge in [0, 0.05) is 19.5 Å². The predicted octanol–water partition coefficient (Wildman–Crippen LogP) is 0.560. The number of amides is 1. The number of hydrogen-bond donors (Lipinski definition) is 0. The summed E-state index contributed by atoms with van der Waals surface area (Å²) in [5, 5.41) is 0. The molecule has 1 saturated heterocycles. The fraction of sp³-hybridized carbons (Fsp3) is 0.778. The van der Waals surface area contributed by atoms with Gasteiger partial charge in [-0.1, -0.05) is 0 Å². The van der Waals surface area contributed by atoms with Gasteiger partial charge in [0.25, 0.3) is 0 Å². The van der Waals surface area contributed by atoms with Crippen molar-refractivity contribution >= 4 is 11.9 Å². The van der Waals surface area contributed by atoms with Gasteiger partial charge in [0.1, 0.15) is 0 Å². The molecule has 1 fully saturated rings. The summed E-state index contributed by atoms with van der Waals surface area (Å²) in [6, 6.07) is 0.0601. The Bertz CT molecular complexity index is 215. The van der Waals surface area contributed by atoms with E-state index >= 15 is 0 Å². The molecule has 1 aliphatic heterocycles. The van der Waals surface area contributed by atoms with Crippen LogP contribution < -0.4 is 0 Å². The summed E-state index contributed by atoms with van der Waals surface area (Å²) in [5.74, 6) is -0.190. The van der Waals surface area contributed by atoms with Gasteiger partial charge in [-0.2, -0.15) is 0 Å². The highest BCUT2D eigenvalue weighted by molar-refractivity contribution is 5.76. The van der Waals surface area contributed by atoms with E-state index in [1.807, 2.05) is 0 Å². The van der Waals surface area contributed by atoms with Gasteiger partial charge in [0.15, 0.2) is 0 Å². The molecule has 1 rings (SSSR count). The lowest BCUT2D eigenvalue weighted by Gasteiger charge is -2.21. The highest BCUT2D eigenvalue weighted by atomic mass is 16.5. The molecule has 1 atom stereocenters. The first-order valence-electron chi connectivity index (χ1n) is 4.49. The second kappa shape index (κ2) is 4.25. The first kappa shape index (κ1) is 10.0. The second-order valence-corrected chi connectivity index (χ2v) is 3.29. The largest absolute Gasteiger partial charge is 0.469 e. The van der Waals surface area contributed by atoms with Gasteiger partial charge in [-0.25, -0.2) is 0 Å². The molecule has 0 spiro atoms. The SMILES string of the molecule is COC(=O)C[C@@H]1CCCN1C(C)=O. The highest BCUT2D eigenvalue weighted by Crippen LogP contribution is 2.20. The van der Waals surface area contributed by atoms with Gasteiger partial charge < -0.3 is 9.64 Å². The molecule has 0 radical (unpaired) electrons. The third-order valence-corrected chi connectivity index (χ3v) is 2.41. The van der Waals surface area contributed by atoms with E-state index in [0.717, 1.165) is 19.4 Å². The van der Waals surface area contributed by atoms with Crippen LogP contribution in [0.25, 0.3) is 0 Å². The zero-order chi connectivity index (χ0) is 9.84. The molecule has 1 aliphatic rings. The average Bonchev–Trinajstić information content (AvgIpc) is 2.52. The van der Waals surface area contributed by atoms with Crippen LogP contribution in [0.15, 0.2) is 0 Å². The van der Waals surface area contributed by atoms with Crippen molar-refractivity contribution in [3.8, 4) is 0 Å². The molecule has 1 amide bonds. The molecular formula is C9H15NO3. The Labute approximate surface area is 77.8 Å². The number of ether oxygens (including phenoxy) is 1. The van der Waals surface area contributed by atoms with Crippen LogP contribution in [0.1, 0.15) is 26.2 Å². The summed E-state index contributed by atoms with van der Waals surface area (Å²) in [4.78, 5) is 23.8. The monoisotopic (exact) mass is 185 g/mol. The zero-order valence-electron chi connectivity index (χ0n) is 8.08. The van der Waals surface area contributed by atoms with Crippen LogP contribution in [-0.4, -0.2) is 36.5 Å². The van der Waals surface area contributed by atoms with Gasteiger partial charge in [-0.05, 0) is 12.8 Å². The van der Waals surface area contributed by atoms with Crippen LogP contribution in [0.3, 0.4) is 0 Å². The van der Waals surface area contributed by atoms with Gasteiger partial charge >= 0.3 is 5.97 Å². The minimum atomic E-state index is -0.238. The number of nitrogens with zero attached hydrogens (tertiary/aromatic N) is 1. The fourth-order valence-corrected chi connectivity index (χ4v) is 1.74. The van der Waals surface area contributed by atoms with Crippen LogP contribution in [0.2, 0.25) is 0 Å². The Hall–Kier alpha value is -1.06. The minimum Gasteiger partial charge on any atom is -0.469 e. The van der Waals surface area contributed by atoms with Crippen LogP contribution in [-0.2, 0) is 14.3 Å². The Morgan fingerprint density at radius 3 is 2.77 bits per heavy atom. The van der Waals surface area contributed by atoms with E-state index in [1.165, 1.54) is 14.0 Å². The van der Waals surface area contributed by atoms with Crippen molar-refractivity contribution in [1.29, 1.82) is 0 Å². The normalized spacial score (nSPS) is 21.7. The van der Waals surface area contributed by atoms with Crippen molar-refractivity contribution in [1.82, 2.24) is 4.90 Å². The molecule has 4 nitrogen and oxygen atoms in total. The second-order valence-electron chi connectivity index (χ2n) is 3.29. The van der Waals surface area contributed by atoms with E-state index in [0.29, 0.717) is 6.42 Å². The molecule has 0 aliphatic carbocycles. The van der Waals surface area contributed by atoms with E-state index in [4.69, 9.17) is 0 Å². The molecule has 0 saturated carbocycles. The van der Waals surface area contributed by atoms with Crippen molar-refractivity contribution in [2.45, 2.75) is 32.2 Å². The number of carbonyl (C=O) groups is 2. The third kappa shape index (κ3) is 2.44. The lowest BCUT2D eigenvalue weighted by Crippen LogP contribution is -2.35. The summed E-state index contributed by atoms with van der Waals surface area (Å²) in [5.41, 5.74) is 0. The van der Waals surface area contributed by atoms with E-state index in [9.17, 15) is 9.59 Å². The molecule has 1 heterocycles. The van der Waals surface area contributed by atoms with Crippen LogP contribution in [0.5, 0.6) is 0 Å². The number of rotatable bonds is 2. The summed E-state index contributed by atoms with van der Waals surface area (Å²) in [6.07, 6.45) is 2.23. The average molecular weight is 185 g/mol. The Balaban J connectivity index is 2.48. The van der Waals surface area contributed by atoms with Crippen molar-refractivity contribution in [3.05, 3.63) is 0 Å². The number of methoxy groups -OCH3 is 1. The molecule has 13 heavy (non-hydrogen) atoms. The molecule has 74 valence electrons. The molecular weight excluding hydrogens is 170 g/mol. The van der Waals surface area contributed by atoms with E-state index < -0.39 is 0 Å². The number of likely N-dealkylation sites (tertiary alicyclic amines) is 1. The molecule has 0 unspecified atom stereocenters. The van der Waals surface area contributed by atoms with Crippen molar-refractivity contribution in [3.63, 3.8) is 0 Å². The van der Waals surface area contributed by atoms with E-state index in [-0.39, 0.29) is 17.9 Å². The Morgan fingerprint density at radius 2 is 2.23 bits per heavy atom. The van der Waals surface area contributed by atoms with Crippen molar-refractivity contribution in [2.24, 2.45) is 0 Å². The molecule has 0 aromatic heterocycles. The maximum atomic E-state index is 11.1. The molecule has 0 bridgehead atoms. The Morgan fingerprint density at radius 1 is 1.54 bits per heavy atom. The van der Waals surface area contributed by atoms with Crippen LogP contribution >= 0.6 is 0 Å². The number of carbonyl (C=O) groups excluding carboxylic acids is 2. The van der Waals surface area contributed by atoms with Gasteiger partial charge in [-0.15, -0.1) is 0 Å². The fourth-order valence-electron chi connectivity index (χ4n) is 1.74. The van der Waals surface area contributed by atoms with Crippen LogP contribution in [0.4, 0.5) is 0 Å². The van der Waals surface area contributed by atoms with Gasteiger partial charge in [0.05, 0.1) is 13.5 Å². The lowest BCUT2D eigenvalue weighted by atomic mass is 10.1. The topological polar surface area (TPSA) is 46.6 Å². The maximum absolute atomic E-state index is 11.1. The van der Waals surface area contributed by atoms with Gasteiger partial charge in [0.2, 0.25) is 5.91 Å². The predicted molar refractivity (Wildman–Crippen MR) is 47.0 cm³/mol. The maximum Gasteiger partial charge on any atom is 0.307 e. The summed E-state index contributed by atoms with van der Waals surface area (Å²) in [7, 11) is 1.37. The molecule has 0 aromatic rings. The zero-order valence-corrected chi connectivity index (χ0v) is 8.08. The molecule has 4 heteroatoms. The molecule has 0 aromatic carbocycles. The summed E-state index contributed by atoms with van der Waals surface area (Å²) < 4.78 is 4.56. The first-order chi connectivity index (χ1) is 6.15. The van der Waals surface area contributed by atoms with Crippen molar-refractivity contribution in [2.75, 3.05) is 13.7 Å². The first-order valence-corrected chi connectivity index (χ1v) is 4.49. The Kier molecular flexibility index (Phi) is 3.28. The number of hydrogen-bond acceptors (Lipinski definition) is 3. The van der Waals surface area contributed by atoms with Crippen LogP contribution in [0, 0.1) is 0 Å². The van der Waals surface area contributed by atoms with E-state index in [2.05, 4.69) is 4.74 Å². The van der Waals surface area contributed by atoms with Gasteiger partial charge in [-0.3, -0.25) is 9.59 Å². The van der Waals surface area contributed by atoms with E-state index in [1.54, 1.807) is 4.90 Å². The minimum absolute atomic E-state index is 0.0476. The standard InChI is InChI=1S/C9H15NO3/c1-7(11)10-5-3-4-8(10)6-9(12)13-2/h8H,3-6H2,1-2H3/t8-/m0/s1. The third-order valence-electron chi connectivity index (χ3n) is 2.41. The number of esters is 1. The summed E-state index contributed by atoms with van der Waals surface area (Å²) in [6.45, 7) is 2.31.